The summed E-state index contributed by atoms with van der Waals surface area (Å²) in [6.07, 6.45) is 0. The van der Waals surface area contributed by atoms with Crippen LogP contribution in [-0.4, -0.2) is 36.5 Å². The van der Waals surface area contributed by atoms with E-state index in [2.05, 4.69) is 34.5 Å². The molecule has 0 aliphatic heterocycles. The molecule has 0 saturated carbocycles. The first-order chi connectivity index (χ1) is 4.71. The third kappa shape index (κ3) is 11.5. The second-order valence-electron chi connectivity index (χ2n) is 5.66. The van der Waals surface area contributed by atoms with Crippen LogP contribution in [0.2, 0.25) is 34.5 Å². The van der Waals surface area contributed by atoms with Crippen LogP contribution in [0.3, 0.4) is 0 Å². The van der Waals surface area contributed by atoms with E-state index in [0.29, 0.717) is 0 Å². The van der Waals surface area contributed by atoms with Crippen molar-refractivity contribution in [3.05, 3.63) is 0 Å². The minimum absolute atomic E-state index is 1.19. The Hall–Kier alpha value is 1.52. The van der Waals surface area contributed by atoms with Gasteiger partial charge in [-0.1, -0.05) is 0 Å². The van der Waals surface area contributed by atoms with Gasteiger partial charge in [0.25, 0.3) is 0 Å². The van der Waals surface area contributed by atoms with Crippen molar-refractivity contribution in [3.8, 4) is 0 Å². The van der Waals surface area contributed by atoms with Gasteiger partial charge in [-0.2, -0.15) is 0 Å². The second kappa shape index (κ2) is 4.67. The average molecular weight is 294 g/mol. The molecule has 0 spiro atoms. The molecule has 3 heteroatoms. The molecule has 0 unspecified atom stereocenters. The molecule has 0 N–H and O–H groups in total. The Morgan fingerprint density at radius 3 is 1.18 bits per heavy atom. The van der Waals surface area contributed by atoms with Crippen molar-refractivity contribution in [2.45, 2.75) is 34.5 Å². The van der Waals surface area contributed by atoms with Crippen molar-refractivity contribution in [3.63, 3.8) is 0 Å². The fourth-order valence-corrected chi connectivity index (χ4v) is 15.0. The van der Waals surface area contributed by atoms with Crippen molar-refractivity contribution in [2.24, 2.45) is 0 Å². The number of rotatable bonds is 4. The van der Waals surface area contributed by atoms with Gasteiger partial charge in [-0.3, -0.25) is 0 Å². The Morgan fingerprint density at radius 2 is 1.00 bits per heavy atom. The summed E-state index contributed by atoms with van der Waals surface area (Å²) in [5.74, 6) is 15.1. The minimum atomic E-state index is -1.19. The quantitative estimate of drug-likeness (QED) is 0.548. The number of hydrogen-bond acceptors (Lipinski definition) is 0. The molecular formula is C8H22Ge2P. The fourth-order valence-electron chi connectivity index (χ4n) is 0.727. The fraction of sp³-hybridized carbons (Fsp3) is 1.00. The van der Waals surface area contributed by atoms with Gasteiger partial charge in [0.05, 0.1) is 0 Å². The van der Waals surface area contributed by atoms with Crippen LogP contribution in [0.25, 0.3) is 0 Å². The molecule has 0 aromatic carbocycles. The van der Waals surface area contributed by atoms with Gasteiger partial charge >= 0.3 is 79.6 Å². The topological polar surface area (TPSA) is 0 Å². The third-order valence-electron chi connectivity index (χ3n) is 1.17. The first-order valence-electron chi connectivity index (χ1n) is 4.34. The summed E-state index contributed by atoms with van der Waals surface area (Å²) in [4.78, 5) is 3.12. The molecular weight excluding hydrogens is 272 g/mol. The van der Waals surface area contributed by atoms with Gasteiger partial charge in [-0.05, 0) is 0 Å². The van der Waals surface area contributed by atoms with Gasteiger partial charge in [0.15, 0.2) is 0 Å². The van der Waals surface area contributed by atoms with Gasteiger partial charge in [0.2, 0.25) is 0 Å². The van der Waals surface area contributed by atoms with Gasteiger partial charge < -0.3 is 0 Å². The van der Waals surface area contributed by atoms with Crippen LogP contribution in [0.5, 0.6) is 0 Å². The predicted octanol–water partition coefficient (Wildman–Crippen LogP) is 3.69. The van der Waals surface area contributed by atoms with Gasteiger partial charge in [0.1, 0.15) is 0 Å². The Labute approximate surface area is 79.4 Å². The van der Waals surface area contributed by atoms with Crippen LogP contribution in [-0.2, 0) is 0 Å². The zero-order valence-electron chi connectivity index (χ0n) is 8.86. The summed E-state index contributed by atoms with van der Waals surface area (Å²) >= 11 is -2.37. The summed E-state index contributed by atoms with van der Waals surface area (Å²) in [7, 11) is 1.77. The van der Waals surface area contributed by atoms with Crippen molar-refractivity contribution in [1.29, 1.82) is 0 Å². The molecule has 0 saturated heterocycles. The van der Waals surface area contributed by atoms with Crippen LogP contribution >= 0.6 is 8.58 Å². The van der Waals surface area contributed by atoms with Crippen molar-refractivity contribution in [1.82, 2.24) is 0 Å². The zero-order chi connectivity index (χ0) is 9.12. The maximum atomic E-state index is 2.52. The van der Waals surface area contributed by atoms with Crippen LogP contribution in [0.4, 0.5) is 0 Å². The molecule has 67 valence electrons. The summed E-state index contributed by atoms with van der Waals surface area (Å²) in [5.41, 5.74) is 0. The van der Waals surface area contributed by atoms with Crippen LogP contribution in [0.15, 0.2) is 0 Å². The molecule has 0 amide bonds. The van der Waals surface area contributed by atoms with Crippen LogP contribution in [0.1, 0.15) is 0 Å². The Balaban J connectivity index is 3.44. The predicted molar refractivity (Wildman–Crippen MR) is 63.3 cm³/mol. The van der Waals surface area contributed by atoms with Gasteiger partial charge in [-0.15, -0.1) is 0 Å². The monoisotopic (exact) mass is 297 g/mol. The maximum absolute atomic E-state index is 2.52. The Kier molecular flexibility index (Phi) is 5.31. The molecule has 0 aliphatic carbocycles. The van der Waals surface area contributed by atoms with E-state index in [4.69, 9.17) is 0 Å². The third-order valence-corrected chi connectivity index (χ3v) is 18.3. The van der Waals surface area contributed by atoms with E-state index in [1.54, 1.807) is 18.6 Å². The van der Waals surface area contributed by atoms with Crippen molar-refractivity contribution < 1.29 is 0 Å². The van der Waals surface area contributed by atoms with Crippen LogP contribution in [0, 0.1) is 0 Å². The molecule has 0 heterocycles. The van der Waals surface area contributed by atoms with E-state index in [1.807, 2.05) is 0 Å². The summed E-state index contributed by atoms with van der Waals surface area (Å²) in [6.45, 7) is 0. The van der Waals surface area contributed by atoms with Crippen molar-refractivity contribution in [2.75, 3.05) is 9.99 Å². The van der Waals surface area contributed by atoms with E-state index in [9.17, 15) is 0 Å². The van der Waals surface area contributed by atoms with E-state index in [1.165, 1.54) is 0 Å². The molecule has 0 aromatic heterocycles. The summed E-state index contributed by atoms with van der Waals surface area (Å²) in [5, 5.41) is 0. The van der Waals surface area contributed by atoms with Gasteiger partial charge in [0, 0.05) is 0 Å². The summed E-state index contributed by atoms with van der Waals surface area (Å²) < 4.78 is 0. The molecule has 0 aliphatic rings. The Bertz CT molecular complexity index is 96.2. The zero-order valence-corrected chi connectivity index (χ0v) is 14.0. The normalized spacial score (nSPS) is 13.6. The first kappa shape index (κ1) is 12.5. The molecule has 11 heavy (non-hydrogen) atoms. The Morgan fingerprint density at radius 1 is 0.727 bits per heavy atom. The van der Waals surface area contributed by atoms with Crippen LogP contribution < -0.4 is 0 Å². The van der Waals surface area contributed by atoms with E-state index >= 15 is 0 Å². The van der Waals surface area contributed by atoms with Gasteiger partial charge in [-0.25, -0.2) is 0 Å². The molecule has 0 rings (SSSR count). The molecule has 0 bridgehead atoms. The first-order valence-corrected chi connectivity index (χ1v) is 21.2. The molecule has 0 aromatic rings. The second-order valence-corrected chi connectivity index (χ2v) is 32.2. The van der Waals surface area contributed by atoms with E-state index < -0.39 is 26.5 Å². The number of hydrogen-bond donors (Lipinski definition) is 0. The molecule has 0 nitrogen and oxygen atoms in total. The van der Waals surface area contributed by atoms with E-state index in [0.717, 1.165) is 0 Å². The SMILES string of the molecule is [CH3][Ge]([CH3])([CH3])[CH2][P][CH2][Ge]([CH3])([CH3])[CH3]. The molecule has 1 radical (unpaired) electrons. The standard InChI is InChI=1S/C8H22Ge2P/c1-9(2,3)7-11-8-10(4,5)6/h7-8H2,1-6H3. The summed E-state index contributed by atoms with van der Waals surface area (Å²) in [6, 6.07) is 0. The van der Waals surface area contributed by atoms with E-state index in [-0.39, 0.29) is 0 Å². The molecule has 0 fully saturated rings. The molecule has 0 atom stereocenters. The average Bonchev–Trinajstić information content (AvgIpc) is 1.55. The van der Waals surface area contributed by atoms with Crippen molar-refractivity contribution >= 4 is 35.1 Å².